The first-order valence-corrected chi connectivity index (χ1v) is 8.36. The van der Waals surface area contributed by atoms with Crippen molar-refractivity contribution in [3.8, 4) is 5.75 Å². The van der Waals surface area contributed by atoms with E-state index in [1.165, 1.54) is 12.0 Å². The van der Waals surface area contributed by atoms with E-state index in [2.05, 4.69) is 25.2 Å². The van der Waals surface area contributed by atoms with Crippen LogP contribution in [-0.2, 0) is 0 Å². The molecule has 2 amide bonds. The van der Waals surface area contributed by atoms with Gasteiger partial charge in [-0.15, -0.1) is 0 Å². The van der Waals surface area contributed by atoms with Gasteiger partial charge in [0.2, 0.25) is 0 Å². The van der Waals surface area contributed by atoms with E-state index in [0.717, 1.165) is 37.1 Å². The van der Waals surface area contributed by atoms with Crippen LogP contribution in [0.3, 0.4) is 0 Å². The molecule has 4 nitrogen and oxygen atoms in total. The monoisotopic (exact) mass is 304 g/mol. The number of ether oxygens (including phenoxy) is 1. The van der Waals surface area contributed by atoms with Crippen molar-refractivity contribution in [2.45, 2.75) is 52.5 Å². The Balaban J connectivity index is 1.74. The maximum atomic E-state index is 12.2. The number of hydrogen-bond acceptors (Lipinski definition) is 2. The summed E-state index contributed by atoms with van der Waals surface area (Å²) < 4.78 is 5.75. The van der Waals surface area contributed by atoms with Crippen molar-refractivity contribution in [2.24, 2.45) is 0 Å². The van der Waals surface area contributed by atoms with Crippen LogP contribution in [0.1, 0.15) is 43.7 Å². The number of piperidine rings is 1. The molecule has 0 spiro atoms. The highest BCUT2D eigenvalue weighted by Crippen LogP contribution is 2.20. The predicted molar refractivity (Wildman–Crippen MR) is 89.4 cm³/mol. The van der Waals surface area contributed by atoms with Crippen LogP contribution in [0.4, 0.5) is 4.79 Å². The SMILES string of the molecule is CCC1CCCCN1C(=O)NCCOc1ccc(C)cc1C. The van der Waals surface area contributed by atoms with Crippen LogP contribution in [-0.4, -0.2) is 36.7 Å². The second-order valence-electron chi connectivity index (χ2n) is 6.10. The fourth-order valence-corrected chi connectivity index (χ4v) is 3.07. The minimum atomic E-state index is 0.0516. The second-order valence-corrected chi connectivity index (χ2v) is 6.10. The van der Waals surface area contributed by atoms with Crippen molar-refractivity contribution >= 4 is 6.03 Å². The maximum Gasteiger partial charge on any atom is 0.317 e. The van der Waals surface area contributed by atoms with Crippen molar-refractivity contribution in [3.63, 3.8) is 0 Å². The molecule has 4 heteroatoms. The van der Waals surface area contributed by atoms with Gasteiger partial charge >= 0.3 is 6.03 Å². The van der Waals surface area contributed by atoms with Crippen LogP contribution in [0, 0.1) is 13.8 Å². The number of rotatable bonds is 5. The Kier molecular flexibility index (Phi) is 6.10. The van der Waals surface area contributed by atoms with Gasteiger partial charge in [-0.2, -0.15) is 0 Å². The molecule has 1 fully saturated rings. The molecule has 0 aromatic heterocycles. The third kappa shape index (κ3) is 4.39. The Morgan fingerprint density at radius 3 is 2.91 bits per heavy atom. The van der Waals surface area contributed by atoms with Gasteiger partial charge in [-0.1, -0.05) is 24.6 Å². The van der Waals surface area contributed by atoms with Crippen LogP contribution in [0.5, 0.6) is 5.75 Å². The Morgan fingerprint density at radius 1 is 1.36 bits per heavy atom. The van der Waals surface area contributed by atoms with E-state index in [4.69, 9.17) is 4.74 Å². The van der Waals surface area contributed by atoms with Crippen LogP contribution in [0.15, 0.2) is 18.2 Å². The molecule has 1 heterocycles. The number of urea groups is 1. The van der Waals surface area contributed by atoms with E-state index in [1.54, 1.807) is 0 Å². The Labute approximate surface area is 133 Å². The van der Waals surface area contributed by atoms with Gasteiger partial charge in [0.15, 0.2) is 0 Å². The zero-order chi connectivity index (χ0) is 15.9. The van der Waals surface area contributed by atoms with Crippen molar-refractivity contribution < 1.29 is 9.53 Å². The van der Waals surface area contributed by atoms with Crippen LogP contribution in [0.25, 0.3) is 0 Å². The minimum Gasteiger partial charge on any atom is -0.491 e. The number of amides is 2. The van der Waals surface area contributed by atoms with E-state index < -0.39 is 0 Å². The number of nitrogens with one attached hydrogen (secondary N) is 1. The van der Waals surface area contributed by atoms with Gasteiger partial charge in [0.25, 0.3) is 0 Å². The molecule has 22 heavy (non-hydrogen) atoms. The second kappa shape index (κ2) is 8.06. The van der Waals surface area contributed by atoms with Crippen LogP contribution in [0.2, 0.25) is 0 Å². The van der Waals surface area contributed by atoms with E-state index in [-0.39, 0.29) is 6.03 Å². The van der Waals surface area contributed by atoms with Crippen molar-refractivity contribution in [3.05, 3.63) is 29.3 Å². The van der Waals surface area contributed by atoms with Gasteiger partial charge in [-0.25, -0.2) is 4.79 Å². The Morgan fingerprint density at radius 2 is 2.18 bits per heavy atom. The highest BCUT2D eigenvalue weighted by atomic mass is 16.5. The molecule has 2 rings (SSSR count). The van der Waals surface area contributed by atoms with E-state index >= 15 is 0 Å². The molecule has 1 aliphatic heterocycles. The summed E-state index contributed by atoms with van der Waals surface area (Å²) in [5.74, 6) is 0.893. The molecule has 0 bridgehead atoms. The van der Waals surface area contributed by atoms with Gasteiger partial charge in [0.1, 0.15) is 12.4 Å². The first-order chi connectivity index (χ1) is 10.6. The summed E-state index contributed by atoms with van der Waals surface area (Å²) in [7, 11) is 0. The fourth-order valence-electron chi connectivity index (χ4n) is 3.07. The van der Waals surface area contributed by atoms with Crippen molar-refractivity contribution in [1.29, 1.82) is 0 Å². The standard InChI is InChI=1S/C18H28N2O2/c1-4-16-7-5-6-11-20(16)18(21)19-10-12-22-17-9-8-14(2)13-15(17)3/h8-9,13,16H,4-7,10-12H2,1-3H3,(H,19,21). The summed E-state index contributed by atoms with van der Waals surface area (Å²) in [6.07, 6.45) is 4.51. The van der Waals surface area contributed by atoms with Gasteiger partial charge in [-0.3, -0.25) is 0 Å². The highest BCUT2D eigenvalue weighted by molar-refractivity contribution is 5.74. The first kappa shape index (κ1) is 16.7. The molecule has 1 unspecified atom stereocenters. The van der Waals surface area contributed by atoms with Gasteiger partial charge in [-0.05, 0) is 51.2 Å². The summed E-state index contributed by atoms with van der Waals surface area (Å²) in [6.45, 7) is 8.18. The third-order valence-corrected chi connectivity index (χ3v) is 4.33. The van der Waals surface area contributed by atoms with Gasteiger partial charge < -0.3 is 15.0 Å². The molecule has 1 N–H and O–H groups in total. The van der Waals surface area contributed by atoms with Crippen LogP contribution >= 0.6 is 0 Å². The summed E-state index contributed by atoms with van der Waals surface area (Å²) in [6, 6.07) is 6.59. The van der Waals surface area contributed by atoms with Crippen molar-refractivity contribution in [2.75, 3.05) is 19.7 Å². The number of nitrogens with zero attached hydrogens (tertiary/aromatic N) is 1. The minimum absolute atomic E-state index is 0.0516. The zero-order valence-corrected chi connectivity index (χ0v) is 14.0. The molecule has 1 aliphatic rings. The molecule has 0 radical (unpaired) electrons. The largest absolute Gasteiger partial charge is 0.491 e. The maximum absolute atomic E-state index is 12.2. The quantitative estimate of drug-likeness (QED) is 0.844. The predicted octanol–water partition coefficient (Wildman–Crippen LogP) is 3.66. The normalized spacial score (nSPS) is 18.1. The average molecular weight is 304 g/mol. The summed E-state index contributed by atoms with van der Waals surface area (Å²) in [5.41, 5.74) is 2.36. The number of carbonyl (C=O) groups excluding carboxylic acids is 1. The molecule has 1 aromatic rings. The molecule has 1 saturated heterocycles. The number of benzene rings is 1. The lowest BCUT2D eigenvalue weighted by molar-refractivity contribution is 0.147. The van der Waals surface area contributed by atoms with E-state index in [1.807, 2.05) is 24.0 Å². The first-order valence-electron chi connectivity index (χ1n) is 8.36. The third-order valence-electron chi connectivity index (χ3n) is 4.33. The molecule has 1 aromatic carbocycles. The molecular formula is C18H28N2O2. The summed E-state index contributed by atoms with van der Waals surface area (Å²) in [4.78, 5) is 14.2. The van der Waals surface area contributed by atoms with E-state index in [0.29, 0.717) is 19.2 Å². The lowest BCUT2D eigenvalue weighted by Crippen LogP contribution is -2.49. The number of aryl methyl sites for hydroxylation is 2. The number of carbonyl (C=O) groups is 1. The molecule has 0 aliphatic carbocycles. The molecule has 1 atom stereocenters. The summed E-state index contributed by atoms with van der Waals surface area (Å²) >= 11 is 0. The van der Waals surface area contributed by atoms with Crippen LogP contribution < -0.4 is 10.1 Å². The van der Waals surface area contributed by atoms with Crippen molar-refractivity contribution in [1.82, 2.24) is 10.2 Å². The smallest absolute Gasteiger partial charge is 0.317 e. The zero-order valence-electron chi connectivity index (χ0n) is 14.0. The molecular weight excluding hydrogens is 276 g/mol. The van der Waals surface area contributed by atoms with Gasteiger partial charge in [0.05, 0.1) is 6.54 Å². The van der Waals surface area contributed by atoms with E-state index in [9.17, 15) is 4.79 Å². The topological polar surface area (TPSA) is 41.6 Å². The molecule has 0 saturated carbocycles. The lowest BCUT2D eigenvalue weighted by atomic mass is 10.0. The average Bonchev–Trinajstić information content (AvgIpc) is 2.53. The Hall–Kier alpha value is -1.71. The lowest BCUT2D eigenvalue weighted by Gasteiger charge is -2.35. The number of hydrogen-bond donors (Lipinski definition) is 1. The Bertz CT molecular complexity index is 502. The fraction of sp³-hybridized carbons (Fsp3) is 0.611. The summed E-state index contributed by atoms with van der Waals surface area (Å²) in [5, 5.41) is 2.98. The highest BCUT2D eigenvalue weighted by Gasteiger charge is 2.24. The van der Waals surface area contributed by atoms with Gasteiger partial charge in [0, 0.05) is 12.6 Å². The molecule has 122 valence electrons. The number of likely N-dealkylation sites (tertiary alicyclic amines) is 1.